The minimum absolute atomic E-state index is 0.0927. The number of nitrogens with one attached hydrogen (secondary N) is 1. The Labute approximate surface area is 143 Å². The molecule has 2 aromatic carbocycles. The van der Waals surface area contributed by atoms with Gasteiger partial charge in [-0.1, -0.05) is 12.1 Å². The normalized spacial score (nSPS) is 17.3. The number of ether oxygens (including phenoxy) is 1. The maximum absolute atomic E-state index is 13.7. The van der Waals surface area contributed by atoms with Crippen molar-refractivity contribution >= 4 is 21.8 Å². The molecule has 1 N–H and O–H groups in total. The lowest BCUT2D eigenvalue weighted by Crippen LogP contribution is -2.37. The largest absolute Gasteiger partial charge is 0.464 e. The summed E-state index contributed by atoms with van der Waals surface area (Å²) in [6.07, 6.45) is 0.266. The van der Waals surface area contributed by atoms with E-state index in [1.807, 2.05) is 0 Å². The highest BCUT2D eigenvalue weighted by molar-refractivity contribution is 7.89. The van der Waals surface area contributed by atoms with E-state index in [4.69, 9.17) is 4.74 Å². The minimum Gasteiger partial charge on any atom is -0.464 e. The number of hydrogen-bond acceptors (Lipinski definition) is 5. The van der Waals surface area contributed by atoms with Gasteiger partial charge in [0.15, 0.2) is 5.78 Å². The Bertz CT molecular complexity index is 924. The Morgan fingerprint density at radius 3 is 2.40 bits per heavy atom. The quantitative estimate of drug-likeness (QED) is 0.644. The minimum atomic E-state index is -3.93. The third-order valence-electron chi connectivity index (χ3n) is 3.78. The van der Waals surface area contributed by atoms with Crippen molar-refractivity contribution < 1.29 is 27.1 Å². The number of ketones is 1. The molecule has 6 nitrogen and oxygen atoms in total. The highest BCUT2D eigenvalue weighted by Gasteiger charge is 2.31. The summed E-state index contributed by atoms with van der Waals surface area (Å²) >= 11 is 0. The van der Waals surface area contributed by atoms with Gasteiger partial charge in [0.25, 0.3) is 0 Å². The first kappa shape index (κ1) is 17.2. The highest BCUT2D eigenvalue weighted by atomic mass is 32.2. The van der Waals surface area contributed by atoms with Crippen molar-refractivity contribution in [2.75, 3.05) is 6.61 Å². The monoisotopic (exact) mass is 363 g/mol. The Morgan fingerprint density at radius 1 is 1.12 bits per heavy atom. The first-order valence-electron chi connectivity index (χ1n) is 7.47. The number of halogens is 1. The number of carbonyl (C=O) groups is 2. The van der Waals surface area contributed by atoms with Crippen LogP contribution in [0.1, 0.15) is 22.3 Å². The average molecular weight is 363 g/mol. The van der Waals surface area contributed by atoms with E-state index >= 15 is 0 Å². The number of cyclic esters (lactones) is 1. The van der Waals surface area contributed by atoms with Crippen molar-refractivity contribution in [3.8, 4) is 0 Å². The number of esters is 1. The summed E-state index contributed by atoms with van der Waals surface area (Å²) in [6.45, 7) is 0.169. The summed E-state index contributed by atoms with van der Waals surface area (Å²) in [5.41, 5.74) is 0.0641. The molecule has 0 bridgehead atoms. The highest BCUT2D eigenvalue weighted by Crippen LogP contribution is 2.17. The standard InChI is InChI=1S/C17H14FNO5S/c18-14-4-2-1-3-13(14)16(20)11-5-7-12(8-6-11)25(22,23)19-15-9-10-24-17(15)21/h1-8,15,19H,9-10H2/t15-/m0/s1. The molecule has 0 aromatic heterocycles. The van der Waals surface area contributed by atoms with E-state index in [-0.39, 0.29) is 29.1 Å². The molecule has 0 spiro atoms. The number of rotatable bonds is 5. The van der Waals surface area contributed by atoms with Gasteiger partial charge in [-0.05, 0) is 36.4 Å². The van der Waals surface area contributed by atoms with Crippen LogP contribution in [0, 0.1) is 5.82 Å². The van der Waals surface area contributed by atoms with Crippen molar-refractivity contribution in [2.24, 2.45) is 0 Å². The summed E-state index contributed by atoms with van der Waals surface area (Å²) in [4.78, 5) is 23.6. The summed E-state index contributed by atoms with van der Waals surface area (Å²) in [7, 11) is -3.93. The fraction of sp³-hybridized carbons (Fsp3) is 0.176. The Balaban J connectivity index is 1.81. The van der Waals surface area contributed by atoms with Gasteiger partial charge in [0.1, 0.15) is 11.9 Å². The van der Waals surface area contributed by atoms with Crippen molar-refractivity contribution in [3.63, 3.8) is 0 Å². The number of hydrogen-bond donors (Lipinski definition) is 1. The molecule has 8 heteroatoms. The average Bonchev–Trinajstić information content (AvgIpc) is 2.99. The van der Waals surface area contributed by atoms with Crippen LogP contribution in [0.4, 0.5) is 4.39 Å². The maximum atomic E-state index is 13.7. The molecule has 0 unspecified atom stereocenters. The smallest absolute Gasteiger partial charge is 0.324 e. The van der Waals surface area contributed by atoms with E-state index in [9.17, 15) is 22.4 Å². The molecule has 0 amide bonds. The first-order valence-corrected chi connectivity index (χ1v) is 8.95. The van der Waals surface area contributed by atoms with Gasteiger partial charge in [-0.3, -0.25) is 9.59 Å². The van der Waals surface area contributed by atoms with E-state index in [0.717, 1.165) is 0 Å². The van der Waals surface area contributed by atoms with Crippen molar-refractivity contribution in [2.45, 2.75) is 17.4 Å². The molecule has 0 radical (unpaired) electrons. The zero-order chi connectivity index (χ0) is 18.0. The fourth-order valence-electron chi connectivity index (χ4n) is 2.44. The first-order chi connectivity index (χ1) is 11.9. The zero-order valence-electron chi connectivity index (χ0n) is 12.9. The molecule has 1 aliphatic heterocycles. The zero-order valence-corrected chi connectivity index (χ0v) is 13.8. The summed E-state index contributed by atoms with van der Waals surface area (Å²) in [5, 5.41) is 0. The van der Waals surface area contributed by atoms with Crippen molar-refractivity contribution in [3.05, 3.63) is 65.5 Å². The van der Waals surface area contributed by atoms with Crippen LogP contribution >= 0.6 is 0 Å². The predicted octanol–water partition coefficient (Wildman–Crippen LogP) is 1.65. The molecule has 25 heavy (non-hydrogen) atoms. The Hall–Kier alpha value is -2.58. The van der Waals surface area contributed by atoms with Gasteiger partial charge in [0.05, 0.1) is 17.1 Å². The number of carbonyl (C=O) groups excluding carboxylic acids is 2. The second kappa shape index (κ2) is 6.73. The molecule has 1 atom stereocenters. The molecular weight excluding hydrogens is 349 g/mol. The SMILES string of the molecule is O=C(c1ccc(S(=O)(=O)N[C@H]2CCOC2=O)cc1)c1ccccc1F. The summed E-state index contributed by atoms with van der Waals surface area (Å²) < 4.78 is 45.2. The molecule has 130 valence electrons. The van der Waals surface area contributed by atoms with Gasteiger partial charge in [0, 0.05) is 12.0 Å². The van der Waals surface area contributed by atoms with E-state index in [1.165, 1.54) is 42.5 Å². The van der Waals surface area contributed by atoms with E-state index in [2.05, 4.69) is 4.72 Å². The van der Waals surface area contributed by atoms with Gasteiger partial charge in [0.2, 0.25) is 10.0 Å². The van der Waals surface area contributed by atoms with E-state index in [0.29, 0.717) is 0 Å². The van der Waals surface area contributed by atoms with Gasteiger partial charge in [-0.2, -0.15) is 4.72 Å². The summed E-state index contributed by atoms with van der Waals surface area (Å²) in [5.74, 6) is -1.81. The van der Waals surface area contributed by atoms with E-state index in [1.54, 1.807) is 6.07 Å². The number of benzene rings is 2. The Morgan fingerprint density at radius 2 is 1.80 bits per heavy atom. The van der Waals surface area contributed by atoms with Crippen LogP contribution in [0.2, 0.25) is 0 Å². The van der Waals surface area contributed by atoms with Crippen LogP contribution in [0.15, 0.2) is 53.4 Å². The molecule has 1 fully saturated rings. The second-order valence-corrected chi connectivity index (χ2v) is 7.18. The van der Waals surface area contributed by atoms with Crippen LogP contribution < -0.4 is 4.72 Å². The third kappa shape index (κ3) is 3.59. The van der Waals surface area contributed by atoms with Crippen LogP contribution in [0.3, 0.4) is 0 Å². The van der Waals surface area contributed by atoms with Crippen molar-refractivity contribution in [1.82, 2.24) is 4.72 Å². The van der Waals surface area contributed by atoms with Crippen LogP contribution in [-0.4, -0.2) is 32.8 Å². The molecule has 1 saturated heterocycles. The van der Waals surface area contributed by atoms with E-state index < -0.39 is 33.6 Å². The van der Waals surface area contributed by atoms with Crippen LogP contribution in [0.5, 0.6) is 0 Å². The molecule has 0 aliphatic carbocycles. The van der Waals surface area contributed by atoms with Crippen molar-refractivity contribution in [1.29, 1.82) is 0 Å². The predicted molar refractivity (Wildman–Crippen MR) is 86.0 cm³/mol. The van der Waals surface area contributed by atoms with Crippen LogP contribution in [-0.2, 0) is 19.6 Å². The molecule has 3 rings (SSSR count). The lowest BCUT2D eigenvalue weighted by Gasteiger charge is -2.10. The molecular formula is C17H14FNO5S. The molecule has 0 saturated carbocycles. The van der Waals surface area contributed by atoms with Crippen LogP contribution in [0.25, 0.3) is 0 Å². The topological polar surface area (TPSA) is 89.5 Å². The lowest BCUT2D eigenvalue weighted by molar-refractivity contribution is -0.139. The lowest BCUT2D eigenvalue weighted by atomic mass is 10.0. The second-order valence-electron chi connectivity index (χ2n) is 5.46. The maximum Gasteiger partial charge on any atom is 0.324 e. The molecule has 1 heterocycles. The third-order valence-corrected chi connectivity index (χ3v) is 5.27. The molecule has 2 aromatic rings. The Kier molecular flexibility index (Phi) is 4.65. The van der Waals surface area contributed by atoms with Gasteiger partial charge >= 0.3 is 5.97 Å². The number of sulfonamides is 1. The van der Waals surface area contributed by atoms with Gasteiger partial charge in [-0.15, -0.1) is 0 Å². The summed E-state index contributed by atoms with van der Waals surface area (Å²) in [6, 6.07) is 9.71. The fourth-order valence-corrected chi connectivity index (χ4v) is 3.66. The van der Waals surface area contributed by atoms with Gasteiger partial charge in [-0.25, -0.2) is 12.8 Å². The van der Waals surface area contributed by atoms with Gasteiger partial charge < -0.3 is 4.74 Å². The molecule has 1 aliphatic rings.